The lowest BCUT2D eigenvalue weighted by molar-refractivity contribution is 0.490. The van der Waals surface area contributed by atoms with E-state index < -0.39 is 17.7 Å². The summed E-state index contributed by atoms with van der Waals surface area (Å²) in [5.74, 6) is 0.493. The largest absolute Gasteiger partial charge is 0.320 e. The Morgan fingerprint density at radius 2 is 2.05 bits per heavy atom. The lowest BCUT2D eigenvalue weighted by Crippen LogP contribution is -2.13. The van der Waals surface area contributed by atoms with Crippen LogP contribution in [0.25, 0.3) is 0 Å². The molecule has 2 N–H and O–H groups in total. The third-order valence-electron chi connectivity index (χ3n) is 3.59. The van der Waals surface area contributed by atoms with E-state index in [4.69, 9.17) is 5.73 Å². The number of aryl methyl sites for hydroxylation is 2. The highest BCUT2D eigenvalue weighted by atomic mass is 32.2. The summed E-state index contributed by atoms with van der Waals surface area (Å²) in [5.41, 5.74) is 7.98. The molecule has 106 valence electrons. The van der Waals surface area contributed by atoms with Crippen molar-refractivity contribution >= 4 is 23.1 Å². The summed E-state index contributed by atoms with van der Waals surface area (Å²) in [5, 5.41) is 0. The average Bonchev–Trinajstić information content (AvgIpc) is 2.88. The molecule has 0 aliphatic carbocycles. The van der Waals surface area contributed by atoms with Gasteiger partial charge in [-0.1, -0.05) is 12.1 Å². The Morgan fingerprint density at radius 1 is 1.25 bits per heavy atom. The molecule has 0 radical (unpaired) electrons. The molecule has 0 saturated carbocycles. The minimum Gasteiger partial charge on any atom is -0.320 e. The second-order valence-corrected chi connectivity index (χ2v) is 7.25. The van der Waals surface area contributed by atoms with Gasteiger partial charge in [-0.25, -0.2) is 8.78 Å². The van der Waals surface area contributed by atoms with Crippen molar-refractivity contribution < 1.29 is 8.78 Å². The zero-order valence-corrected chi connectivity index (χ0v) is 12.7. The summed E-state index contributed by atoms with van der Waals surface area (Å²) in [6, 6.07) is 4.63. The fourth-order valence-electron chi connectivity index (χ4n) is 2.38. The van der Waals surface area contributed by atoms with Crippen LogP contribution in [0.15, 0.2) is 18.2 Å². The van der Waals surface area contributed by atoms with E-state index in [0.29, 0.717) is 5.56 Å². The molecule has 1 aliphatic heterocycles. The van der Waals surface area contributed by atoms with Gasteiger partial charge in [-0.15, -0.1) is 11.3 Å². The van der Waals surface area contributed by atoms with Gasteiger partial charge in [0, 0.05) is 21.1 Å². The van der Waals surface area contributed by atoms with Crippen molar-refractivity contribution in [3.05, 3.63) is 56.3 Å². The van der Waals surface area contributed by atoms with Gasteiger partial charge in [-0.3, -0.25) is 0 Å². The van der Waals surface area contributed by atoms with Crippen LogP contribution in [-0.2, 0) is 12.2 Å². The van der Waals surface area contributed by atoms with Gasteiger partial charge in [0.15, 0.2) is 11.6 Å². The molecule has 0 saturated heterocycles. The molecule has 1 atom stereocenters. The topological polar surface area (TPSA) is 26.0 Å². The molecule has 1 aromatic carbocycles. The number of hydrogen-bond donors (Lipinski definition) is 1. The van der Waals surface area contributed by atoms with Gasteiger partial charge in [-0.05, 0) is 36.3 Å². The van der Waals surface area contributed by atoms with Crippen LogP contribution in [0.1, 0.15) is 32.5 Å². The molecule has 1 nitrogen and oxygen atoms in total. The van der Waals surface area contributed by atoms with Crippen molar-refractivity contribution in [2.45, 2.75) is 25.1 Å². The van der Waals surface area contributed by atoms with Crippen molar-refractivity contribution in [1.82, 2.24) is 0 Å². The Bertz CT molecular complexity index is 628. The zero-order valence-electron chi connectivity index (χ0n) is 11.1. The molecule has 1 unspecified atom stereocenters. The molecule has 1 aliphatic rings. The predicted molar refractivity (Wildman–Crippen MR) is 81.3 cm³/mol. The van der Waals surface area contributed by atoms with Crippen LogP contribution in [0, 0.1) is 18.6 Å². The third kappa shape index (κ3) is 2.38. The van der Waals surface area contributed by atoms with E-state index in [0.717, 1.165) is 22.8 Å². The number of benzene rings is 1. The van der Waals surface area contributed by atoms with Gasteiger partial charge < -0.3 is 5.73 Å². The molecule has 3 rings (SSSR count). The molecule has 0 spiro atoms. The highest BCUT2D eigenvalue weighted by Gasteiger charge is 2.22. The maximum atomic E-state index is 14.0. The van der Waals surface area contributed by atoms with Crippen molar-refractivity contribution in [2.24, 2.45) is 5.73 Å². The molecule has 0 bridgehead atoms. The van der Waals surface area contributed by atoms with E-state index in [2.05, 4.69) is 0 Å². The number of thiophene rings is 1. The highest BCUT2D eigenvalue weighted by Crippen LogP contribution is 2.36. The monoisotopic (exact) mass is 311 g/mol. The first-order valence-corrected chi connectivity index (χ1v) is 8.44. The summed E-state index contributed by atoms with van der Waals surface area (Å²) in [7, 11) is 0. The van der Waals surface area contributed by atoms with Crippen LogP contribution in [0.4, 0.5) is 8.78 Å². The average molecular weight is 311 g/mol. The number of halogens is 2. The van der Waals surface area contributed by atoms with Crippen LogP contribution in [0.3, 0.4) is 0 Å². The van der Waals surface area contributed by atoms with Gasteiger partial charge >= 0.3 is 0 Å². The third-order valence-corrected chi connectivity index (χ3v) is 5.92. The lowest BCUT2D eigenvalue weighted by Gasteiger charge is -2.12. The number of rotatable bonds is 2. The Labute approximate surface area is 125 Å². The van der Waals surface area contributed by atoms with Gasteiger partial charge in [0.2, 0.25) is 0 Å². The normalized spacial score (nSPS) is 16.0. The maximum absolute atomic E-state index is 14.0. The number of nitrogens with two attached hydrogens (primary N) is 1. The molecule has 2 aromatic rings. The molecule has 0 fully saturated rings. The van der Waals surface area contributed by atoms with Crippen LogP contribution in [0.5, 0.6) is 0 Å². The van der Waals surface area contributed by atoms with Gasteiger partial charge in [0.1, 0.15) is 0 Å². The van der Waals surface area contributed by atoms with Gasteiger partial charge in [0.05, 0.1) is 6.04 Å². The minimum absolute atomic E-state index is 0.236. The van der Waals surface area contributed by atoms with E-state index >= 15 is 0 Å². The lowest BCUT2D eigenvalue weighted by atomic mass is 10.0. The van der Waals surface area contributed by atoms with E-state index in [9.17, 15) is 8.78 Å². The van der Waals surface area contributed by atoms with E-state index in [-0.39, 0.29) is 5.56 Å². The molecule has 0 amide bonds. The quantitative estimate of drug-likeness (QED) is 0.900. The fraction of sp³-hybridized carbons (Fsp3) is 0.333. The summed E-state index contributed by atoms with van der Waals surface area (Å²) < 4.78 is 27.7. The van der Waals surface area contributed by atoms with Gasteiger partial charge in [0.25, 0.3) is 0 Å². The number of hydrogen-bond acceptors (Lipinski definition) is 3. The highest BCUT2D eigenvalue weighted by molar-refractivity contribution is 7.98. The SMILES string of the molecule is Cc1ccc(C(N)c2cc3c(s2)CCSC3)c(F)c1F. The van der Waals surface area contributed by atoms with Crippen molar-refractivity contribution in [1.29, 1.82) is 0 Å². The minimum atomic E-state index is -0.821. The number of thioether (sulfide) groups is 1. The molecular formula is C15H15F2NS2. The molecular weight excluding hydrogens is 296 g/mol. The Morgan fingerprint density at radius 3 is 2.80 bits per heavy atom. The standard InChI is InChI=1S/C15H15F2NS2/c1-8-2-3-10(14(17)13(8)16)15(18)12-6-9-7-19-5-4-11(9)20-12/h2-3,6,15H,4-5,7,18H2,1H3. The van der Waals surface area contributed by atoms with Gasteiger partial charge in [-0.2, -0.15) is 11.8 Å². The second-order valence-electron chi connectivity index (χ2n) is 4.98. The van der Waals surface area contributed by atoms with Crippen LogP contribution in [0.2, 0.25) is 0 Å². The first-order chi connectivity index (χ1) is 9.58. The fourth-order valence-corrected chi connectivity index (χ4v) is 4.77. The summed E-state index contributed by atoms with van der Waals surface area (Å²) >= 11 is 3.53. The van der Waals surface area contributed by atoms with Crippen molar-refractivity contribution in [3.8, 4) is 0 Å². The first kappa shape index (κ1) is 14.0. The summed E-state index contributed by atoms with van der Waals surface area (Å²) in [4.78, 5) is 2.25. The Kier molecular flexibility index (Phi) is 3.84. The first-order valence-electron chi connectivity index (χ1n) is 6.47. The molecule has 1 aromatic heterocycles. The van der Waals surface area contributed by atoms with E-state index in [1.54, 1.807) is 30.4 Å². The molecule has 2 heterocycles. The Balaban J connectivity index is 1.98. The van der Waals surface area contributed by atoms with Crippen LogP contribution in [-0.4, -0.2) is 5.75 Å². The maximum Gasteiger partial charge on any atom is 0.164 e. The summed E-state index contributed by atoms with van der Waals surface area (Å²) in [6.07, 6.45) is 1.04. The summed E-state index contributed by atoms with van der Waals surface area (Å²) in [6.45, 7) is 1.55. The number of fused-ring (bicyclic) bond motifs is 1. The predicted octanol–water partition coefficient (Wildman–Crippen LogP) is 4.17. The van der Waals surface area contributed by atoms with E-state index in [1.807, 2.05) is 17.8 Å². The van der Waals surface area contributed by atoms with Crippen LogP contribution < -0.4 is 5.73 Å². The van der Waals surface area contributed by atoms with E-state index in [1.165, 1.54) is 10.4 Å². The van der Waals surface area contributed by atoms with Crippen molar-refractivity contribution in [3.63, 3.8) is 0 Å². The smallest absolute Gasteiger partial charge is 0.164 e. The van der Waals surface area contributed by atoms with Crippen LogP contribution >= 0.6 is 23.1 Å². The molecule has 5 heteroatoms. The molecule has 20 heavy (non-hydrogen) atoms. The second kappa shape index (κ2) is 5.47. The van der Waals surface area contributed by atoms with Crippen molar-refractivity contribution in [2.75, 3.05) is 5.75 Å². The zero-order chi connectivity index (χ0) is 14.3. The Hall–Kier alpha value is -0.910.